The average molecular weight is 267 g/mol. The van der Waals surface area contributed by atoms with Crippen molar-refractivity contribution in [2.45, 2.75) is 0 Å². The Balaban J connectivity index is 2.80. The van der Waals surface area contributed by atoms with Crippen LogP contribution in [-0.2, 0) is 0 Å². The van der Waals surface area contributed by atoms with Gasteiger partial charge in [-0.3, -0.25) is 4.79 Å². The molecule has 0 bridgehead atoms. The smallest absolute Gasteiger partial charge is 0.224 e. The van der Waals surface area contributed by atoms with E-state index < -0.39 is 0 Å². The van der Waals surface area contributed by atoms with E-state index in [9.17, 15) is 4.79 Å². The Morgan fingerprint density at radius 2 is 2.20 bits per heavy atom. The predicted octanol–water partition coefficient (Wildman–Crippen LogP) is 2.21. The molecule has 0 N–H and O–H groups in total. The number of benzene rings is 1. The van der Waals surface area contributed by atoms with Gasteiger partial charge in [0.15, 0.2) is 12.1 Å². The summed E-state index contributed by atoms with van der Waals surface area (Å²) in [5, 5.41) is 0.784. The van der Waals surface area contributed by atoms with E-state index >= 15 is 0 Å². The van der Waals surface area contributed by atoms with Crippen LogP contribution in [0.5, 0.6) is 5.88 Å². The van der Waals surface area contributed by atoms with Crippen LogP contribution in [-0.4, -0.2) is 23.4 Å². The minimum atomic E-state index is 0.123. The van der Waals surface area contributed by atoms with Gasteiger partial charge in [0.25, 0.3) is 0 Å². The highest BCUT2D eigenvalue weighted by Crippen LogP contribution is 2.24. The van der Waals surface area contributed by atoms with Gasteiger partial charge in [0.05, 0.1) is 18.0 Å². The molecule has 1 aromatic carbocycles. The molecular weight excluding hydrogens is 260 g/mol. The molecule has 0 aliphatic rings. The maximum absolute atomic E-state index is 10.6. The normalized spacial score (nSPS) is 10.3. The number of aromatic nitrogens is 2. The van der Waals surface area contributed by atoms with Crippen molar-refractivity contribution in [2.75, 3.05) is 7.11 Å². The molecule has 0 aliphatic heterocycles. The second-order valence-corrected chi connectivity index (χ2v) is 3.79. The third-order valence-corrected chi connectivity index (χ3v) is 2.43. The summed E-state index contributed by atoms with van der Waals surface area (Å²) in [6, 6.07) is 5.52. The number of halogens is 1. The number of methoxy groups -OCH3 is 1. The highest BCUT2D eigenvalue weighted by Gasteiger charge is 2.07. The van der Waals surface area contributed by atoms with E-state index in [0.717, 1.165) is 9.86 Å². The Kier molecular flexibility index (Phi) is 2.64. The minimum Gasteiger partial charge on any atom is -0.480 e. The van der Waals surface area contributed by atoms with Gasteiger partial charge in [0.1, 0.15) is 0 Å². The van der Waals surface area contributed by atoms with E-state index in [0.29, 0.717) is 17.7 Å². The maximum Gasteiger partial charge on any atom is 0.224 e. The van der Waals surface area contributed by atoms with Gasteiger partial charge >= 0.3 is 0 Å². The summed E-state index contributed by atoms with van der Waals surface area (Å²) in [6.45, 7) is 0. The Bertz CT molecular complexity index is 528. The number of hydrogen-bond acceptors (Lipinski definition) is 4. The topological polar surface area (TPSA) is 52.1 Å². The first-order valence-corrected chi connectivity index (χ1v) is 5.00. The van der Waals surface area contributed by atoms with Gasteiger partial charge in [0, 0.05) is 4.47 Å². The first-order chi connectivity index (χ1) is 7.24. The molecule has 2 aromatic rings. The van der Waals surface area contributed by atoms with Crippen LogP contribution in [0.25, 0.3) is 10.9 Å². The van der Waals surface area contributed by atoms with Crippen molar-refractivity contribution in [1.29, 1.82) is 0 Å². The van der Waals surface area contributed by atoms with Gasteiger partial charge in [0.2, 0.25) is 5.88 Å². The standard InChI is InChI=1S/C10H7BrN2O2/c1-15-10-7-3-2-6(11)4-8(7)12-9(5-14)13-10/h2-5H,1H3. The van der Waals surface area contributed by atoms with Gasteiger partial charge in [-0.25, -0.2) is 4.98 Å². The van der Waals surface area contributed by atoms with Crippen LogP contribution in [0, 0.1) is 0 Å². The third-order valence-electron chi connectivity index (χ3n) is 1.94. The van der Waals surface area contributed by atoms with E-state index in [1.807, 2.05) is 18.2 Å². The average Bonchev–Trinajstić information content (AvgIpc) is 2.26. The second-order valence-electron chi connectivity index (χ2n) is 2.87. The van der Waals surface area contributed by atoms with Crippen molar-refractivity contribution in [1.82, 2.24) is 9.97 Å². The monoisotopic (exact) mass is 266 g/mol. The number of rotatable bonds is 2. The van der Waals surface area contributed by atoms with Gasteiger partial charge < -0.3 is 4.74 Å². The molecule has 76 valence electrons. The molecule has 15 heavy (non-hydrogen) atoms. The van der Waals surface area contributed by atoms with Gasteiger partial charge in [-0.05, 0) is 18.2 Å². The van der Waals surface area contributed by atoms with Crippen LogP contribution in [0.3, 0.4) is 0 Å². The SMILES string of the molecule is COc1nc(C=O)nc2cc(Br)ccc12. The lowest BCUT2D eigenvalue weighted by Crippen LogP contribution is -1.97. The number of nitrogens with zero attached hydrogens (tertiary/aromatic N) is 2. The van der Waals surface area contributed by atoms with E-state index in [1.165, 1.54) is 7.11 Å². The van der Waals surface area contributed by atoms with Crippen LogP contribution in [0.15, 0.2) is 22.7 Å². The molecular formula is C10H7BrN2O2. The van der Waals surface area contributed by atoms with Gasteiger partial charge in [-0.1, -0.05) is 15.9 Å². The Morgan fingerprint density at radius 3 is 2.87 bits per heavy atom. The van der Waals surface area contributed by atoms with E-state index in [1.54, 1.807) is 0 Å². The van der Waals surface area contributed by atoms with Gasteiger partial charge in [-0.15, -0.1) is 0 Å². The summed E-state index contributed by atoms with van der Waals surface area (Å²) < 4.78 is 5.98. The lowest BCUT2D eigenvalue weighted by molar-refractivity contribution is 0.111. The zero-order valence-corrected chi connectivity index (χ0v) is 9.48. The summed E-state index contributed by atoms with van der Waals surface area (Å²) in [5.74, 6) is 0.534. The summed E-state index contributed by atoms with van der Waals surface area (Å²) in [6.07, 6.45) is 0.600. The largest absolute Gasteiger partial charge is 0.480 e. The molecule has 0 saturated heterocycles. The molecule has 1 heterocycles. The van der Waals surface area contributed by atoms with Crippen LogP contribution in [0.1, 0.15) is 10.6 Å². The molecule has 0 unspecified atom stereocenters. The molecule has 0 aliphatic carbocycles. The first kappa shape index (κ1) is 10.0. The molecule has 0 radical (unpaired) electrons. The number of hydrogen-bond donors (Lipinski definition) is 0. The lowest BCUT2D eigenvalue weighted by Gasteiger charge is -2.04. The fourth-order valence-electron chi connectivity index (χ4n) is 1.30. The summed E-state index contributed by atoms with van der Waals surface area (Å²) >= 11 is 3.34. The van der Waals surface area contributed by atoms with Crippen LogP contribution in [0.4, 0.5) is 0 Å². The van der Waals surface area contributed by atoms with Crippen molar-refractivity contribution in [3.8, 4) is 5.88 Å². The van der Waals surface area contributed by atoms with Crippen molar-refractivity contribution in [3.05, 3.63) is 28.5 Å². The molecule has 0 spiro atoms. The zero-order chi connectivity index (χ0) is 10.8. The highest BCUT2D eigenvalue weighted by atomic mass is 79.9. The van der Waals surface area contributed by atoms with E-state index in [4.69, 9.17) is 4.74 Å². The fourth-order valence-corrected chi connectivity index (χ4v) is 1.65. The molecule has 0 amide bonds. The van der Waals surface area contributed by atoms with Crippen molar-refractivity contribution in [3.63, 3.8) is 0 Å². The minimum absolute atomic E-state index is 0.123. The van der Waals surface area contributed by atoms with E-state index in [2.05, 4.69) is 25.9 Å². The number of ether oxygens (including phenoxy) is 1. The first-order valence-electron chi connectivity index (χ1n) is 4.21. The maximum atomic E-state index is 10.6. The number of fused-ring (bicyclic) bond motifs is 1. The summed E-state index contributed by atoms with van der Waals surface area (Å²) in [4.78, 5) is 18.6. The number of aldehydes is 1. The quantitative estimate of drug-likeness (QED) is 0.783. The Morgan fingerprint density at radius 1 is 1.40 bits per heavy atom. The summed E-state index contributed by atoms with van der Waals surface area (Å²) in [7, 11) is 1.51. The molecule has 0 saturated carbocycles. The molecule has 4 nitrogen and oxygen atoms in total. The van der Waals surface area contributed by atoms with Crippen LogP contribution < -0.4 is 4.74 Å². The highest BCUT2D eigenvalue weighted by molar-refractivity contribution is 9.10. The van der Waals surface area contributed by atoms with Crippen LogP contribution >= 0.6 is 15.9 Å². The Hall–Kier alpha value is -1.49. The second kappa shape index (κ2) is 3.94. The molecule has 2 rings (SSSR count). The molecule has 5 heteroatoms. The predicted molar refractivity (Wildman–Crippen MR) is 59.2 cm³/mol. The zero-order valence-electron chi connectivity index (χ0n) is 7.90. The van der Waals surface area contributed by atoms with Crippen molar-refractivity contribution in [2.24, 2.45) is 0 Å². The Labute approximate surface area is 94.4 Å². The lowest BCUT2D eigenvalue weighted by atomic mass is 10.2. The molecule has 0 atom stereocenters. The third kappa shape index (κ3) is 1.83. The number of carbonyl (C=O) groups is 1. The molecule has 1 aromatic heterocycles. The van der Waals surface area contributed by atoms with Crippen molar-refractivity contribution >= 4 is 33.1 Å². The van der Waals surface area contributed by atoms with Crippen molar-refractivity contribution < 1.29 is 9.53 Å². The summed E-state index contributed by atoms with van der Waals surface area (Å²) in [5.41, 5.74) is 0.679. The molecule has 0 fully saturated rings. The van der Waals surface area contributed by atoms with E-state index in [-0.39, 0.29) is 5.82 Å². The van der Waals surface area contributed by atoms with Crippen LogP contribution in [0.2, 0.25) is 0 Å². The van der Waals surface area contributed by atoms with Gasteiger partial charge in [-0.2, -0.15) is 4.98 Å². The number of carbonyl (C=O) groups excluding carboxylic acids is 1. The fraction of sp³-hybridized carbons (Fsp3) is 0.100.